The summed E-state index contributed by atoms with van der Waals surface area (Å²) < 4.78 is 0. The second kappa shape index (κ2) is 9.81. The number of hydrogen-bond donors (Lipinski definition) is 7. The highest BCUT2D eigenvalue weighted by atomic mass is 16.4. The molecule has 2 atom stereocenters. The Balaban J connectivity index is 1.54. The zero-order valence-corrected chi connectivity index (χ0v) is 17.1. The quantitative estimate of drug-likeness (QED) is 0.278. The van der Waals surface area contributed by atoms with Crippen molar-refractivity contribution < 1.29 is 24.6 Å². The molecule has 1 aromatic carbocycles. The van der Waals surface area contributed by atoms with Gasteiger partial charge in [-0.05, 0) is 43.0 Å². The molecule has 12 nitrogen and oxygen atoms in total. The molecular weight excluding hydrogens is 420 g/mol. The second-order valence-corrected chi connectivity index (χ2v) is 7.48. The van der Waals surface area contributed by atoms with Gasteiger partial charge in [-0.15, -0.1) is 0 Å². The van der Waals surface area contributed by atoms with Gasteiger partial charge in [-0.1, -0.05) is 0 Å². The van der Waals surface area contributed by atoms with Crippen molar-refractivity contribution >= 4 is 35.3 Å². The number of nitrogens with zero attached hydrogens (tertiary/aromatic N) is 1. The van der Waals surface area contributed by atoms with Crippen LogP contribution in [0.5, 0.6) is 0 Å². The lowest BCUT2D eigenvalue weighted by Gasteiger charge is -2.25. The van der Waals surface area contributed by atoms with Crippen molar-refractivity contribution in [1.29, 1.82) is 0 Å². The van der Waals surface area contributed by atoms with Crippen LogP contribution >= 0.6 is 0 Å². The molecular formula is C20H24N6O6. The maximum atomic E-state index is 12.3. The van der Waals surface area contributed by atoms with E-state index in [4.69, 9.17) is 15.9 Å². The van der Waals surface area contributed by atoms with E-state index in [9.17, 15) is 19.2 Å². The number of anilines is 3. The van der Waals surface area contributed by atoms with Crippen molar-refractivity contribution in [3.05, 3.63) is 45.7 Å². The lowest BCUT2D eigenvalue weighted by atomic mass is 9.96. The Morgan fingerprint density at radius 2 is 1.94 bits per heavy atom. The number of carbonyl (C=O) groups is 3. The van der Waals surface area contributed by atoms with E-state index in [0.29, 0.717) is 30.9 Å². The normalized spacial score (nSPS) is 15.7. The van der Waals surface area contributed by atoms with E-state index in [1.807, 2.05) is 0 Å². The van der Waals surface area contributed by atoms with Crippen LogP contribution in [-0.4, -0.2) is 57.2 Å². The Labute approximate surface area is 182 Å². The van der Waals surface area contributed by atoms with Gasteiger partial charge in [0.2, 0.25) is 5.95 Å². The number of carboxylic acids is 2. The van der Waals surface area contributed by atoms with Crippen LogP contribution < -0.4 is 27.2 Å². The highest BCUT2D eigenvalue weighted by Gasteiger charge is 2.23. The highest BCUT2D eigenvalue weighted by molar-refractivity contribution is 5.96. The number of carboxylic acid groups (broad SMARTS) is 2. The summed E-state index contributed by atoms with van der Waals surface area (Å²) in [5.41, 5.74) is 6.85. The fourth-order valence-corrected chi connectivity index (χ4v) is 3.37. The molecule has 1 amide bonds. The fourth-order valence-electron chi connectivity index (χ4n) is 3.37. The Morgan fingerprint density at radius 1 is 1.22 bits per heavy atom. The van der Waals surface area contributed by atoms with E-state index < -0.39 is 23.9 Å². The van der Waals surface area contributed by atoms with E-state index in [0.717, 1.165) is 5.69 Å². The third-order valence-corrected chi connectivity index (χ3v) is 5.08. The molecule has 12 heteroatoms. The van der Waals surface area contributed by atoms with E-state index in [1.54, 1.807) is 24.3 Å². The zero-order chi connectivity index (χ0) is 23.3. The number of benzene rings is 1. The van der Waals surface area contributed by atoms with Gasteiger partial charge in [-0.2, -0.15) is 4.98 Å². The standard InChI is InChI=1S/C20H24N6O6/c21-20-25-16-13(18(30)26-20)7-10(9-23-16)8-22-12-3-1-11(2-4-12)17(29)24-14(19(31)32)5-6-15(27)28/h1-4,10,14,22H,5-9H2,(H,24,29)(H,27,28)(H,31,32)(H4,21,23,25,26,30)/t10-,14+/m1/s1. The number of nitrogens with one attached hydrogen (secondary N) is 4. The highest BCUT2D eigenvalue weighted by Crippen LogP contribution is 2.21. The molecule has 2 heterocycles. The lowest BCUT2D eigenvalue weighted by Crippen LogP contribution is -2.41. The molecule has 0 saturated carbocycles. The molecule has 0 spiro atoms. The zero-order valence-electron chi connectivity index (χ0n) is 17.1. The smallest absolute Gasteiger partial charge is 0.326 e. The monoisotopic (exact) mass is 444 g/mol. The van der Waals surface area contributed by atoms with Crippen molar-refractivity contribution in [2.24, 2.45) is 5.92 Å². The van der Waals surface area contributed by atoms with E-state index >= 15 is 0 Å². The number of aliphatic carboxylic acids is 2. The largest absolute Gasteiger partial charge is 0.481 e. The molecule has 170 valence electrons. The summed E-state index contributed by atoms with van der Waals surface area (Å²) in [6.07, 6.45) is -0.0409. The average molecular weight is 444 g/mol. The SMILES string of the molecule is Nc1nc2c(c(=O)[nH]1)C[C@H](CNc1ccc(C(=O)N[C@@H](CCC(=O)O)C(=O)O)cc1)CN2. The molecule has 1 aliphatic rings. The fraction of sp³-hybridized carbons (Fsp3) is 0.350. The van der Waals surface area contributed by atoms with Gasteiger partial charge < -0.3 is 31.9 Å². The number of carbonyl (C=O) groups excluding carboxylic acids is 1. The van der Waals surface area contributed by atoms with E-state index in [-0.39, 0.29) is 35.8 Å². The number of rotatable bonds is 9. The van der Waals surface area contributed by atoms with Gasteiger partial charge in [0.25, 0.3) is 11.5 Å². The maximum absolute atomic E-state index is 12.3. The second-order valence-electron chi connectivity index (χ2n) is 7.48. The minimum atomic E-state index is -1.29. The number of aromatic nitrogens is 2. The van der Waals surface area contributed by atoms with Gasteiger partial charge in [0.05, 0.1) is 5.56 Å². The number of amides is 1. The summed E-state index contributed by atoms with van der Waals surface area (Å²) in [5, 5.41) is 26.5. The molecule has 0 saturated heterocycles. The third-order valence-electron chi connectivity index (χ3n) is 5.08. The number of aromatic amines is 1. The number of H-pyrrole nitrogens is 1. The molecule has 1 aliphatic heterocycles. The molecule has 32 heavy (non-hydrogen) atoms. The Kier molecular flexibility index (Phi) is 6.93. The first-order chi connectivity index (χ1) is 15.2. The van der Waals surface area contributed by atoms with Crippen molar-refractivity contribution in [1.82, 2.24) is 15.3 Å². The topological polar surface area (TPSA) is 200 Å². The number of fused-ring (bicyclic) bond motifs is 1. The van der Waals surface area contributed by atoms with Crippen LogP contribution in [0.25, 0.3) is 0 Å². The molecule has 1 aromatic heterocycles. The van der Waals surface area contributed by atoms with Gasteiger partial charge in [0, 0.05) is 30.8 Å². The van der Waals surface area contributed by atoms with Gasteiger partial charge in [-0.3, -0.25) is 19.4 Å². The van der Waals surface area contributed by atoms with Crippen LogP contribution in [0.3, 0.4) is 0 Å². The Morgan fingerprint density at radius 3 is 2.59 bits per heavy atom. The Hall–Kier alpha value is -4.09. The van der Waals surface area contributed by atoms with E-state index in [1.165, 1.54) is 0 Å². The van der Waals surface area contributed by atoms with Crippen LogP contribution in [0.1, 0.15) is 28.8 Å². The predicted molar refractivity (Wildman–Crippen MR) is 116 cm³/mol. The molecule has 0 radical (unpaired) electrons. The molecule has 0 aliphatic carbocycles. The molecule has 8 N–H and O–H groups in total. The average Bonchev–Trinajstić information content (AvgIpc) is 2.75. The number of hydrogen-bond acceptors (Lipinski definition) is 8. The summed E-state index contributed by atoms with van der Waals surface area (Å²) in [7, 11) is 0. The van der Waals surface area contributed by atoms with Crippen LogP contribution in [-0.2, 0) is 16.0 Å². The first-order valence-corrected chi connectivity index (χ1v) is 9.95. The first kappa shape index (κ1) is 22.6. The molecule has 0 bridgehead atoms. The van der Waals surface area contributed by atoms with Gasteiger partial charge in [0.1, 0.15) is 11.9 Å². The molecule has 0 unspecified atom stereocenters. The summed E-state index contributed by atoms with van der Waals surface area (Å²) in [4.78, 5) is 52.8. The van der Waals surface area contributed by atoms with E-state index in [2.05, 4.69) is 25.9 Å². The van der Waals surface area contributed by atoms with Crippen LogP contribution in [0.2, 0.25) is 0 Å². The summed E-state index contributed by atoms with van der Waals surface area (Å²) in [6, 6.07) is 5.16. The van der Waals surface area contributed by atoms with Crippen LogP contribution in [0, 0.1) is 5.92 Å². The molecule has 2 aromatic rings. The van der Waals surface area contributed by atoms with Crippen molar-refractivity contribution in [3.63, 3.8) is 0 Å². The number of nitrogens with two attached hydrogens (primary N) is 1. The first-order valence-electron chi connectivity index (χ1n) is 9.95. The van der Waals surface area contributed by atoms with Crippen LogP contribution in [0.15, 0.2) is 29.1 Å². The van der Waals surface area contributed by atoms with Gasteiger partial charge in [-0.25, -0.2) is 4.79 Å². The summed E-state index contributed by atoms with van der Waals surface area (Å²) >= 11 is 0. The van der Waals surface area contributed by atoms with Crippen molar-refractivity contribution in [2.45, 2.75) is 25.3 Å². The predicted octanol–water partition coefficient (Wildman–Crippen LogP) is 0.0962. The molecule has 0 fully saturated rings. The van der Waals surface area contributed by atoms with Crippen molar-refractivity contribution in [3.8, 4) is 0 Å². The lowest BCUT2D eigenvalue weighted by molar-refractivity contribution is -0.140. The Bertz CT molecular complexity index is 1070. The van der Waals surface area contributed by atoms with Gasteiger partial charge in [0.15, 0.2) is 0 Å². The van der Waals surface area contributed by atoms with Gasteiger partial charge >= 0.3 is 11.9 Å². The summed E-state index contributed by atoms with van der Waals surface area (Å²) in [5.74, 6) is -2.34. The van der Waals surface area contributed by atoms with Crippen molar-refractivity contribution in [2.75, 3.05) is 29.5 Å². The summed E-state index contributed by atoms with van der Waals surface area (Å²) in [6.45, 7) is 1.18. The maximum Gasteiger partial charge on any atom is 0.326 e. The van der Waals surface area contributed by atoms with Crippen LogP contribution in [0.4, 0.5) is 17.5 Å². The minimum Gasteiger partial charge on any atom is -0.481 e. The number of nitrogen functional groups attached to an aromatic ring is 1. The third kappa shape index (κ3) is 5.74. The molecule has 3 rings (SSSR count). The minimum absolute atomic E-state index is 0.0681.